The van der Waals surface area contributed by atoms with Crippen molar-refractivity contribution in [1.82, 2.24) is 5.32 Å². The first kappa shape index (κ1) is 18.4. The first-order chi connectivity index (χ1) is 12.2. The topological polar surface area (TPSA) is 103 Å². The van der Waals surface area contributed by atoms with Gasteiger partial charge in [-0.25, -0.2) is 8.42 Å². The highest BCUT2D eigenvalue weighted by molar-refractivity contribution is 7.91. The number of benzene rings is 1. The van der Waals surface area contributed by atoms with Crippen LogP contribution in [0.1, 0.15) is 24.5 Å². The van der Waals surface area contributed by atoms with E-state index in [2.05, 4.69) is 5.32 Å². The second-order valence-corrected chi connectivity index (χ2v) is 8.91. The lowest BCUT2D eigenvalue weighted by molar-refractivity contribution is -0.154. The summed E-state index contributed by atoms with van der Waals surface area (Å²) >= 11 is 0. The number of fused-ring (bicyclic) bond motifs is 1. The minimum Gasteiger partial charge on any atom is -0.464 e. The van der Waals surface area contributed by atoms with Gasteiger partial charge in [0.2, 0.25) is 0 Å². The van der Waals surface area contributed by atoms with Crippen molar-refractivity contribution in [2.75, 3.05) is 11.5 Å². The number of amides is 1. The third-order valence-corrected chi connectivity index (χ3v) is 6.17. The molecule has 0 aliphatic carbocycles. The van der Waals surface area contributed by atoms with Gasteiger partial charge < -0.3 is 14.5 Å². The van der Waals surface area contributed by atoms with Crippen LogP contribution in [0.3, 0.4) is 0 Å². The minimum atomic E-state index is -3.08. The van der Waals surface area contributed by atoms with Crippen molar-refractivity contribution >= 4 is 32.7 Å². The van der Waals surface area contributed by atoms with Crippen molar-refractivity contribution in [3.8, 4) is 0 Å². The van der Waals surface area contributed by atoms with Crippen molar-refractivity contribution < 1.29 is 27.2 Å². The maximum Gasteiger partial charge on any atom is 0.311 e. The van der Waals surface area contributed by atoms with Gasteiger partial charge in [0.1, 0.15) is 5.58 Å². The Bertz CT molecular complexity index is 946. The molecule has 2 heterocycles. The van der Waals surface area contributed by atoms with Crippen LogP contribution in [0.25, 0.3) is 11.0 Å². The second-order valence-electron chi connectivity index (χ2n) is 6.68. The van der Waals surface area contributed by atoms with Crippen molar-refractivity contribution in [3.63, 3.8) is 0 Å². The number of furan rings is 1. The number of hydrogen-bond acceptors (Lipinski definition) is 6. The molecular formula is C18H21NO6S. The van der Waals surface area contributed by atoms with Crippen molar-refractivity contribution in [2.45, 2.75) is 38.8 Å². The number of hydrogen-bond donors (Lipinski definition) is 1. The number of ether oxygens (including phenoxy) is 1. The van der Waals surface area contributed by atoms with E-state index in [1.54, 1.807) is 0 Å². The summed E-state index contributed by atoms with van der Waals surface area (Å²) in [6.45, 7) is 3.42. The molecule has 26 heavy (non-hydrogen) atoms. The molecule has 1 fully saturated rings. The maximum absolute atomic E-state index is 12.1. The van der Waals surface area contributed by atoms with Gasteiger partial charge in [0.05, 0.1) is 24.2 Å². The zero-order chi connectivity index (χ0) is 18.9. The molecule has 1 aromatic heterocycles. The highest BCUT2D eigenvalue weighted by Gasteiger charge is 2.30. The normalized spacial score (nSPS) is 20.0. The van der Waals surface area contributed by atoms with Gasteiger partial charge in [-0.2, -0.15) is 0 Å². The van der Waals surface area contributed by atoms with Gasteiger partial charge in [0.15, 0.2) is 15.9 Å². The number of sulfone groups is 1. The van der Waals surface area contributed by atoms with E-state index in [0.717, 1.165) is 10.9 Å². The maximum atomic E-state index is 12.1. The van der Waals surface area contributed by atoms with Crippen molar-refractivity contribution in [2.24, 2.45) is 0 Å². The third-order valence-electron chi connectivity index (χ3n) is 4.40. The lowest BCUT2D eigenvalue weighted by Gasteiger charge is -2.16. The zero-order valence-electron chi connectivity index (χ0n) is 14.7. The molecule has 2 atom stereocenters. The molecule has 1 amide bonds. The number of nitrogens with one attached hydrogen (secondary N) is 1. The summed E-state index contributed by atoms with van der Waals surface area (Å²) in [6, 6.07) is 5.27. The Kier molecular flexibility index (Phi) is 5.04. The van der Waals surface area contributed by atoms with Gasteiger partial charge >= 0.3 is 5.97 Å². The average Bonchev–Trinajstić information content (AvgIpc) is 3.09. The number of carbonyl (C=O) groups is 2. The molecule has 0 spiro atoms. The number of rotatable bonds is 5. The molecule has 0 radical (unpaired) electrons. The fourth-order valence-corrected chi connectivity index (χ4v) is 4.68. The molecule has 2 aromatic rings. The Labute approximate surface area is 151 Å². The molecule has 1 aromatic carbocycles. The van der Waals surface area contributed by atoms with Gasteiger partial charge in [0, 0.05) is 17.0 Å². The Morgan fingerprint density at radius 1 is 1.38 bits per heavy atom. The standard InChI is InChI=1S/C18H21NO6S/c1-11-3-4-15-13(9-24-16(15)7-11)8-17(20)25-12(2)18(21)19-14-5-6-26(22,23)10-14/h3-4,7,9,12,14H,5-6,8,10H2,1-2H3,(H,19,21)/t12-,14-/m0/s1. The molecule has 0 unspecified atom stereocenters. The minimum absolute atomic E-state index is 0.00844. The molecule has 8 heteroatoms. The molecule has 1 saturated heterocycles. The van der Waals surface area contributed by atoms with E-state index in [1.165, 1.54) is 13.2 Å². The highest BCUT2D eigenvalue weighted by atomic mass is 32.2. The van der Waals surface area contributed by atoms with E-state index in [4.69, 9.17) is 9.15 Å². The van der Waals surface area contributed by atoms with Gasteiger partial charge in [0.25, 0.3) is 5.91 Å². The quantitative estimate of drug-likeness (QED) is 0.790. The Morgan fingerprint density at radius 3 is 2.85 bits per heavy atom. The highest BCUT2D eigenvalue weighted by Crippen LogP contribution is 2.23. The molecule has 1 N–H and O–H groups in total. The number of aryl methyl sites for hydroxylation is 1. The summed E-state index contributed by atoms with van der Waals surface area (Å²) < 4.78 is 33.5. The van der Waals surface area contributed by atoms with E-state index in [0.29, 0.717) is 17.6 Å². The third kappa shape index (κ3) is 4.24. The van der Waals surface area contributed by atoms with Crippen LogP contribution in [0.15, 0.2) is 28.9 Å². The fourth-order valence-electron chi connectivity index (χ4n) is 3.00. The first-order valence-corrected chi connectivity index (χ1v) is 10.2. The molecule has 7 nitrogen and oxygen atoms in total. The number of esters is 1. The lowest BCUT2D eigenvalue weighted by Crippen LogP contribution is -2.42. The molecule has 140 valence electrons. The van der Waals surface area contributed by atoms with Crippen LogP contribution in [0.5, 0.6) is 0 Å². The molecule has 3 rings (SSSR count). The molecule has 1 aliphatic rings. The van der Waals surface area contributed by atoms with Crippen LogP contribution in [0, 0.1) is 6.92 Å². The van der Waals surface area contributed by atoms with Crippen LogP contribution < -0.4 is 5.32 Å². The summed E-state index contributed by atoms with van der Waals surface area (Å²) in [7, 11) is -3.08. The van der Waals surface area contributed by atoms with E-state index in [1.807, 2.05) is 25.1 Å². The van der Waals surface area contributed by atoms with Gasteiger partial charge in [-0.1, -0.05) is 12.1 Å². The molecular weight excluding hydrogens is 358 g/mol. The van der Waals surface area contributed by atoms with Crippen LogP contribution in [-0.2, 0) is 30.6 Å². The van der Waals surface area contributed by atoms with E-state index in [-0.39, 0.29) is 17.9 Å². The van der Waals surface area contributed by atoms with Crippen LogP contribution in [0.4, 0.5) is 0 Å². The fraction of sp³-hybridized carbons (Fsp3) is 0.444. The average molecular weight is 379 g/mol. The van der Waals surface area contributed by atoms with Gasteiger partial charge in [-0.15, -0.1) is 0 Å². The predicted octanol–water partition coefficient (Wildman–Crippen LogP) is 1.52. The summed E-state index contributed by atoms with van der Waals surface area (Å²) in [4.78, 5) is 24.2. The van der Waals surface area contributed by atoms with E-state index >= 15 is 0 Å². The monoisotopic (exact) mass is 379 g/mol. The smallest absolute Gasteiger partial charge is 0.311 e. The largest absolute Gasteiger partial charge is 0.464 e. The number of carbonyl (C=O) groups excluding carboxylic acids is 2. The van der Waals surface area contributed by atoms with Crippen molar-refractivity contribution in [3.05, 3.63) is 35.6 Å². The Balaban J connectivity index is 1.56. The molecule has 0 bridgehead atoms. The summed E-state index contributed by atoms with van der Waals surface area (Å²) in [6.07, 6.45) is 0.895. The Morgan fingerprint density at radius 2 is 2.15 bits per heavy atom. The second kappa shape index (κ2) is 7.11. The lowest BCUT2D eigenvalue weighted by atomic mass is 10.1. The summed E-state index contributed by atoms with van der Waals surface area (Å²) in [5.74, 6) is -1.04. The van der Waals surface area contributed by atoms with Crippen LogP contribution >= 0.6 is 0 Å². The summed E-state index contributed by atoms with van der Waals surface area (Å²) in [5, 5.41) is 3.45. The van der Waals surface area contributed by atoms with Crippen molar-refractivity contribution in [1.29, 1.82) is 0 Å². The van der Waals surface area contributed by atoms with E-state index in [9.17, 15) is 18.0 Å². The first-order valence-electron chi connectivity index (χ1n) is 8.40. The Hall–Kier alpha value is -2.35. The van der Waals surface area contributed by atoms with E-state index < -0.39 is 33.9 Å². The van der Waals surface area contributed by atoms with Gasteiger partial charge in [-0.3, -0.25) is 9.59 Å². The van der Waals surface area contributed by atoms with Crippen LogP contribution in [0.2, 0.25) is 0 Å². The zero-order valence-corrected chi connectivity index (χ0v) is 15.5. The van der Waals surface area contributed by atoms with Gasteiger partial charge in [-0.05, 0) is 31.9 Å². The predicted molar refractivity (Wildman–Crippen MR) is 95.4 cm³/mol. The van der Waals surface area contributed by atoms with Crippen LogP contribution in [-0.4, -0.2) is 43.9 Å². The molecule has 1 aliphatic heterocycles. The molecule has 0 saturated carbocycles. The summed E-state index contributed by atoms with van der Waals surface area (Å²) in [5.41, 5.74) is 2.45. The SMILES string of the molecule is Cc1ccc2c(CC(=O)O[C@@H](C)C(=O)N[C@H]3CCS(=O)(=O)C3)coc2c1.